The number of esters is 1. The Hall–Kier alpha value is -2.51. The Morgan fingerprint density at radius 3 is 2.79 bits per heavy atom. The number of benzene rings is 1. The van der Waals surface area contributed by atoms with Crippen molar-refractivity contribution in [3.05, 3.63) is 64.4 Å². The summed E-state index contributed by atoms with van der Waals surface area (Å²) < 4.78 is 4.88. The van der Waals surface area contributed by atoms with Gasteiger partial charge in [0.1, 0.15) is 11.6 Å². The maximum Gasteiger partial charge on any atom is 0.348 e. The minimum Gasteiger partial charge on any atom is -0.462 e. The highest BCUT2D eigenvalue weighted by Crippen LogP contribution is 2.33. The fraction of sp³-hybridized carbons (Fsp3) is 0.263. The maximum absolute atomic E-state index is 11.7. The van der Waals surface area contributed by atoms with Crippen LogP contribution in [-0.4, -0.2) is 12.6 Å². The molecular weight excluding hydrogens is 324 g/mol. The molecule has 0 fully saturated rings. The number of nitrogens with one attached hydrogen (secondary N) is 1. The van der Waals surface area contributed by atoms with Gasteiger partial charge in [0, 0.05) is 16.9 Å². The molecule has 0 aromatic heterocycles. The molecule has 0 heterocycles. The zero-order valence-corrected chi connectivity index (χ0v) is 14.3. The number of halogens is 1. The minimum atomic E-state index is -0.615. The predicted molar refractivity (Wildman–Crippen MR) is 95.2 cm³/mol. The molecule has 0 saturated heterocycles. The van der Waals surface area contributed by atoms with E-state index in [1.165, 1.54) is 6.08 Å². The molecule has 5 heteroatoms. The fourth-order valence-corrected chi connectivity index (χ4v) is 2.69. The first-order valence-electron chi connectivity index (χ1n) is 7.84. The largest absolute Gasteiger partial charge is 0.462 e. The lowest BCUT2D eigenvalue weighted by Crippen LogP contribution is -2.08. The SMILES string of the molecule is CCOC(=O)C(C#N)=CC1=C(Cl)C(=CNc2ccccc2)CCC1. The van der Waals surface area contributed by atoms with Crippen molar-refractivity contribution in [2.75, 3.05) is 11.9 Å². The van der Waals surface area contributed by atoms with Gasteiger partial charge in [-0.05, 0) is 55.5 Å². The molecule has 0 saturated carbocycles. The molecule has 1 aliphatic rings. The van der Waals surface area contributed by atoms with Gasteiger partial charge < -0.3 is 10.1 Å². The molecule has 1 aromatic carbocycles. The predicted octanol–water partition coefficient (Wildman–Crippen LogP) is 4.67. The summed E-state index contributed by atoms with van der Waals surface area (Å²) in [6.07, 6.45) is 5.90. The lowest BCUT2D eigenvalue weighted by atomic mass is 9.94. The zero-order chi connectivity index (χ0) is 17.4. The number of nitriles is 1. The van der Waals surface area contributed by atoms with Crippen LogP contribution in [0.2, 0.25) is 0 Å². The van der Waals surface area contributed by atoms with Crippen molar-refractivity contribution >= 4 is 23.3 Å². The first-order valence-corrected chi connectivity index (χ1v) is 8.22. The van der Waals surface area contributed by atoms with Crippen molar-refractivity contribution in [2.45, 2.75) is 26.2 Å². The summed E-state index contributed by atoms with van der Waals surface area (Å²) in [7, 11) is 0. The van der Waals surface area contributed by atoms with Gasteiger partial charge >= 0.3 is 5.97 Å². The lowest BCUT2D eigenvalue weighted by molar-refractivity contribution is -0.138. The molecule has 0 radical (unpaired) electrons. The van der Waals surface area contributed by atoms with Crippen LogP contribution in [0.3, 0.4) is 0 Å². The highest BCUT2D eigenvalue weighted by molar-refractivity contribution is 6.32. The quantitative estimate of drug-likeness (QED) is 0.479. The van der Waals surface area contributed by atoms with Crippen molar-refractivity contribution in [3.8, 4) is 6.07 Å². The second-order valence-corrected chi connectivity index (χ2v) is 5.64. The number of hydrogen-bond donors (Lipinski definition) is 1. The Balaban J connectivity index is 2.23. The number of ether oxygens (including phenoxy) is 1. The average molecular weight is 343 g/mol. The molecule has 0 unspecified atom stereocenters. The van der Waals surface area contributed by atoms with Crippen molar-refractivity contribution in [3.63, 3.8) is 0 Å². The third kappa shape index (κ3) is 4.74. The molecule has 1 N–H and O–H groups in total. The van der Waals surface area contributed by atoms with Crippen LogP contribution in [0.25, 0.3) is 0 Å². The van der Waals surface area contributed by atoms with E-state index in [-0.39, 0.29) is 12.2 Å². The van der Waals surface area contributed by atoms with E-state index in [0.29, 0.717) is 5.03 Å². The third-order valence-corrected chi connectivity index (χ3v) is 4.06. The molecule has 0 bridgehead atoms. The van der Waals surface area contributed by atoms with E-state index in [4.69, 9.17) is 21.6 Å². The molecule has 0 aliphatic heterocycles. The molecule has 2 rings (SSSR count). The number of anilines is 1. The summed E-state index contributed by atoms with van der Waals surface area (Å²) in [5.41, 5.74) is 2.69. The number of nitrogens with zero attached hydrogens (tertiary/aromatic N) is 1. The molecule has 1 aliphatic carbocycles. The normalized spacial score (nSPS) is 16.7. The first-order chi connectivity index (χ1) is 11.7. The highest BCUT2D eigenvalue weighted by Gasteiger charge is 2.17. The molecule has 0 spiro atoms. The van der Waals surface area contributed by atoms with Gasteiger partial charge in [0.05, 0.1) is 6.61 Å². The Morgan fingerprint density at radius 2 is 2.12 bits per heavy atom. The van der Waals surface area contributed by atoms with Crippen LogP contribution in [0.4, 0.5) is 5.69 Å². The molecule has 4 nitrogen and oxygen atoms in total. The number of rotatable bonds is 5. The van der Waals surface area contributed by atoms with Gasteiger partial charge in [-0.3, -0.25) is 0 Å². The Morgan fingerprint density at radius 1 is 1.38 bits per heavy atom. The lowest BCUT2D eigenvalue weighted by Gasteiger charge is -2.17. The average Bonchev–Trinajstić information content (AvgIpc) is 2.61. The number of hydrogen-bond acceptors (Lipinski definition) is 4. The smallest absolute Gasteiger partial charge is 0.348 e. The molecule has 0 atom stereocenters. The van der Waals surface area contributed by atoms with Gasteiger partial charge in [0.2, 0.25) is 0 Å². The first kappa shape index (κ1) is 17.8. The maximum atomic E-state index is 11.7. The molecule has 24 heavy (non-hydrogen) atoms. The van der Waals surface area contributed by atoms with E-state index >= 15 is 0 Å². The van der Waals surface area contributed by atoms with E-state index in [2.05, 4.69) is 5.32 Å². The number of carbonyl (C=O) groups excluding carboxylic acids is 1. The summed E-state index contributed by atoms with van der Waals surface area (Å²) in [6, 6.07) is 11.7. The standard InChI is InChI=1S/C19H19ClN2O2/c1-2-24-19(23)16(12-21)11-14-7-6-8-15(18(14)20)13-22-17-9-4-3-5-10-17/h3-5,9-11,13,22H,2,6-8H2,1H3. The van der Waals surface area contributed by atoms with Crippen LogP contribution in [0.1, 0.15) is 26.2 Å². The van der Waals surface area contributed by atoms with Gasteiger partial charge in [-0.2, -0.15) is 5.26 Å². The topological polar surface area (TPSA) is 62.1 Å². The summed E-state index contributed by atoms with van der Waals surface area (Å²) in [4.78, 5) is 11.7. The van der Waals surface area contributed by atoms with Crippen molar-refractivity contribution in [1.82, 2.24) is 0 Å². The Kier molecular flexibility index (Phi) is 6.65. The van der Waals surface area contributed by atoms with Gasteiger partial charge in [-0.15, -0.1) is 0 Å². The van der Waals surface area contributed by atoms with Crippen LogP contribution >= 0.6 is 11.6 Å². The fourth-order valence-electron chi connectivity index (χ4n) is 2.39. The minimum absolute atomic E-state index is 0.0257. The van der Waals surface area contributed by atoms with Crippen LogP contribution < -0.4 is 5.32 Å². The van der Waals surface area contributed by atoms with Crippen LogP contribution in [0.15, 0.2) is 64.4 Å². The van der Waals surface area contributed by atoms with Crippen LogP contribution in [-0.2, 0) is 9.53 Å². The Bertz CT molecular complexity index is 727. The summed E-state index contributed by atoms with van der Waals surface area (Å²) in [5.74, 6) is -0.615. The summed E-state index contributed by atoms with van der Waals surface area (Å²) in [6.45, 7) is 1.94. The van der Waals surface area contributed by atoms with Crippen LogP contribution in [0, 0.1) is 11.3 Å². The van der Waals surface area contributed by atoms with Crippen molar-refractivity contribution in [2.24, 2.45) is 0 Å². The van der Waals surface area contributed by atoms with E-state index in [1.807, 2.05) is 42.6 Å². The molecule has 1 aromatic rings. The van der Waals surface area contributed by atoms with Gasteiger partial charge in [-0.1, -0.05) is 29.8 Å². The van der Waals surface area contributed by atoms with E-state index < -0.39 is 5.97 Å². The van der Waals surface area contributed by atoms with Crippen LogP contribution in [0.5, 0.6) is 0 Å². The number of para-hydroxylation sites is 1. The number of allylic oxidation sites excluding steroid dienone is 4. The second kappa shape index (κ2) is 8.95. The van der Waals surface area contributed by atoms with Gasteiger partial charge in [0.15, 0.2) is 0 Å². The summed E-state index contributed by atoms with van der Waals surface area (Å²) >= 11 is 6.46. The van der Waals surface area contributed by atoms with Crippen molar-refractivity contribution < 1.29 is 9.53 Å². The Labute approximate surface area is 147 Å². The molecular formula is C19H19ClN2O2. The van der Waals surface area contributed by atoms with E-state index in [9.17, 15) is 4.79 Å². The van der Waals surface area contributed by atoms with Gasteiger partial charge in [-0.25, -0.2) is 4.79 Å². The van der Waals surface area contributed by atoms with Gasteiger partial charge in [0.25, 0.3) is 0 Å². The molecule has 124 valence electrons. The van der Waals surface area contributed by atoms with Crippen molar-refractivity contribution in [1.29, 1.82) is 5.26 Å². The molecule has 0 amide bonds. The third-order valence-electron chi connectivity index (χ3n) is 3.58. The van der Waals surface area contributed by atoms with E-state index in [0.717, 1.165) is 36.1 Å². The van der Waals surface area contributed by atoms with E-state index in [1.54, 1.807) is 6.92 Å². The highest BCUT2D eigenvalue weighted by atomic mass is 35.5. The number of carbonyl (C=O) groups is 1. The zero-order valence-electron chi connectivity index (χ0n) is 13.5. The summed E-state index contributed by atoms with van der Waals surface area (Å²) in [5, 5.41) is 12.9. The second-order valence-electron chi connectivity index (χ2n) is 5.26. The monoisotopic (exact) mass is 342 g/mol.